The summed E-state index contributed by atoms with van der Waals surface area (Å²) in [4.78, 5) is 18.2. The van der Waals surface area contributed by atoms with Gasteiger partial charge in [-0.15, -0.1) is 5.10 Å². The highest BCUT2D eigenvalue weighted by Crippen LogP contribution is 2.15. The molecule has 2 N–H and O–H groups in total. The fourth-order valence-corrected chi connectivity index (χ4v) is 2.55. The monoisotopic (exact) mass is 358 g/mol. The van der Waals surface area contributed by atoms with Crippen LogP contribution in [0.4, 0.5) is 17.5 Å². The van der Waals surface area contributed by atoms with E-state index in [9.17, 15) is 4.79 Å². The molecule has 2 aromatic rings. The number of aromatic nitrogens is 3. The van der Waals surface area contributed by atoms with E-state index in [2.05, 4.69) is 35.5 Å². The van der Waals surface area contributed by atoms with Crippen LogP contribution >= 0.6 is 0 Å². The summed E-state index contributed by atoms with van der Waals surface area (Å²) in [5, 5.41) is 14.3. The number of esters is 1. The van der Waals surface area contributed by atoms with Gasteiger partial charge in [-0.25, -0.2) is 4.79 Å². The van der Waals surface area contributed by atoms with Gasteiger partial charge in [0.15, 0.2) is 5.82 Å². The summed E-state index contributed by atoms with van der Waals surface area (Å²) in [6.45, 7) is 5.18. The fraction of sp³-hybridized carbons (Fsp3) is 0.412. The molecule has 0 amide bonds. The van der Waals surface area contributed by atoms with E-state index in [0.29, 0.717) is 17.3 Å². The van der Waals surface area contributed by atoms with Crippen LogP contribution in [0.3, 0.4) is 0 Å². The first-order valence-corrected chi connectivity index (χ1v) is 8.44. The second-order valence-electron chi connectivity index (χ2n) is 5.74. The van der Waals surface area contributed by atoms with E-state index in [4.69, 9.17) is 4.74 Å². The Morgan fingerprint density at radius 3 is 2.77 bits per heavy atom. The van der Waals surface area contributed by atoms with Crippen LogP contribution in [0.25, 0.3) is 0 Å². The molecule has 0 saturated carbocycles. The second kappa shape index (κ2) is 9.07. The number of ether oxygens (including phenoxy) is 2. The summed E-state index contributed by atoms with van der Waals surface area (Å²) < 4.78 is 10.0. The van der Waals surface area contributed by atoms with E-state index >= 15 is 0 Å². The summed E-state index contributed by atoms with van der Waals surface area (Å²) in [6.07, 6.45) is 1.59. The van der Waals surface area contributed by atoms with Gasteiger partial charge in [0.05, 0.1) is 32.1 Å². The van der Waals surface area contributed by atoms with Crippen molar-refractivity contribution in [3.8, 4) is 0 Å². The van der Waals surface area contributed by atoms with E-state index in [-0.39, 0.29) is 5.97 Å². The maximum Gasteiger partial charge on any atom is 0.337 e. The van der Waals surface area contributed by atoms with Crippen molar-refractivity contribution in [2.45, 2.75) is 0 Å². The zero-order valence-corrected chi connectivity index (χ0v) is 14.6. The molecule has 1 fully saturated rings. The lowest BCUT2D eigenvalue weighted by Gasteiger charge is -2.26. The van der Waals surface area contributed by atoms with E-state index < -0.39 is 0 Å². The van der Waals surface area contributed by atoms with Gasteiger partial charge in [-0.3, -0.25) is 4.90 Å². The average Bonchev–Trinajstić information content (AvgIpc) is 2.69. The number of morpholine rings is 1. The van der Waals surface area contributed by atoms with Gasteiger partial charge in [0, 0.05) is 31.9 Å². The molecule has 26 heavy (non-hydrogen) atoms. The molecule has 0 atom stereocenters. The van der Waals surface area contributed by atoms with E-state index in [0.717, 1.165) is 45.1 Å². The minimum atomic E-state index is -0.374. The lowest BCUT2D eigenvalue weighted by Crippen LogP contribution is -2.39. The minimum absolute atomic E-state index is 0.374. The highest BCUT2D eigenvalue weighted by Gasteiger charge is 2.10. The number of anilines is 3. The molecule has 1 aromatic carbocycles. The van der Waals surface area contributed by atoms with Crippen molar-refractivity contribution in [2.75, 3.05) is 57.1 Å². The quantitative estimate of drug-likeness (QED) is 0.706. The predicted octanol–water partition coefficient (Wildman–Crippen LogP) is 1.15. The van der Waals surface area contributed by atoms with Crippen LogP contribution in [0.15, 0.2) is 30.5 Å². The molecule has 0 radical (unpaired) electrons. The molecule has 9 heteroatoms. The van der Waals surface area contributed by atoms with E-state index in [1.54, 1.807) is 30.5 Å². The Bertz CT molecular complexity index is 719. The smallest absolute Gasteiger partial charge is 0.337 e. The maximum absolute atomic E-state index is 11.4. The molecule has 9 nitrogen and oxygen atoms in total. The van der Waals surface area contributed by atoms with Crippen molar-refractivity contribution in [3.63, 3.8) is 0 Å². The Hall–Kier alpha value is -2.78. The lowest BCUT2D eigenvalue weighted by molar-refractivity contribution is 0.0398. The van der Waals surface area contributed by atoms with Crippen LogP contribution in [0.2, 0.25) is 0 Å². The van der Waals surface area contributed by atoms with Gasteiger partial charge in [0.1, 0.15) is 0 Å². The van der Waals surface area contributed by atoms with Crippen LogP contribution < -0.4 is 10.6 Å². The number of nitrogens with zero attached hydrogens (tertiary/aromatic N) is 4. The summed E-state index contributed by atoms with van der Waals surface area (Å²) in [6, 6.07) is 6.86. The van der Waals surface area contributed by atoms with Gasteiger partial charge in [-0.2, -0.15) is 10.1 Å². The predicted molar refractivity (Wildman–Crippen MR) is 96.6 cm³/mol. The minimum Gasteiger partial charge on any atom is -0.465 e. The molecule has 1 saturated heterocycles. The van der Waals surface area contributed by atoms with Crippen molar-refractivity contribution < 1.29 is 14.3 Å². The van der Waals surface area contributed by atoms with Gasteiger partial charge >= 0.3 is 5.97 Å². The van der Waals surface area contributed by atoms with Gasteiger partial charge in [0.2, 0.25) is 5.95 Å². The Morgan fingerprint density at radius 2 is 2.04 bits per heavy atom. The lowest BCUT2D eigenvalue weighted by atomic mass is 10.2. The van der Waals surface area contributed by atoms with Gasteiger partial charge in [0.25, 0.3) is 0 Å². The number of carbonyl (C=O) groups excluding carboxylic acids is 1. The Balaban J connectivity index is 1.52. The van der Waals surface area contributed by atoms with Crippen molar-refractivity contribution >= 4 is 23.4 Å². The van der Waals surface area contributed by atoms with Crippen molar-refractivity contribution in [2.24, 2.45) is 0 Å². The van der Waals surface area contributed by atoms with Gasteiger partial charge in [-0.05, 0) is 24.3 Å². The standard InChI is InChI=1S/C17H22N6O3/c1-25-16(24)13-2-4-14(5-3-13)20-17-21-15(12-19-22-17)18-6-7-23-8-10-26-11-9-23/h2-5,12H,6-11H2,1H3,(H2,18,20,21,22). The van der Waals surface area contributed by atoms with Gasteiger partial charge < -0.3 is 20.1 Å². The third-order valence-corrected chi connectivity index (χ3v) is 3.96. The first kappa shape index (κ1) is 18.0. The molecule has 138 valence electrons. The number of carbonyl (C=O) groups is 1. The highest BCUT2D eigenvalue weighted by atomic mass is 16.5. The van der Waals surface area contributed by atoms with Crippen LogP contribution in [0.1, 0.15) is 10.4 Å². The Kier molecular flexibility index (Phi) is 6.29. The molecule has 0 spiro atoms. The number of benzene rings is 1. The number of rotatable bonds is 7. The topological polar surface area (TPSA) is 102 Å². The first-order valence-electron chi connectivity index (χ1n) is 8.44. The van der Waals surface area contributed by atoms with E-state index in [1.807, 2.05) is 0 Å². The summed E-state index contributed by atoms with van der Waals surface area (Å²) >= 11 is 0. The molecule has 1 aliphatic rings. The molecular weight excluding hydrogens is 336 g/mol. The van der Waals surface area contributed by atoms with Crippen LogP contribution in [-0.2, 0) is 9.47 Å². The first-order chi connectivity index (χ1) is 12.7. The normalized spacial score (nSPS) is 14.7. The third kappa shape index (κ3) is 5.11. The molecule has 1 aliphatic heterocycles. The molecule has 2 heterocycles. The number of methoxy groups -OCH3 is 1. The molecular formula is C17H22N6O3. The number of nitrogens with one attached hydrogen (secondary N) is 2. The maximum atomic E-state index is 11.4. The molecule has 0 unspecified atom stereocenters. The summed E-state index contributed by atoms with van der Waals surface area (Å²) in [5.74, 6) is 0.662. The van der Waals surface area contributed by atoms with Crippen molar-refractivity contribution in [1.82, 2.24) is 20.1 Å². The van der Waals surface area contributed by atoms with Crippen LogP contribution in [0, 0.1) is 0 Å². The van der Waals surface area contributed by atoms with Gasteiger partial charge in [-0.1, -0.05) is 0 Å². The SMILES string of the molecule is COC(=O)c1ccc(Nc2nncc(NCCN3CCOCC3)n2)cc1. The Labute approximate surface area is 151 Å². The van der Waals surface area contributed by atoms with E-state index in [1.165, 1.54) is 7.11 Å². The number of hydrogen-bond acceptors (Lipinski definition) is 9. The zero-order valence-electron chi connectivity index (χ0n) is 14.6. The Morgan fingerprint density at radius 1 is 1.27 bits per heavy atom. The number of hydrogen-bond donors (Lipinski definition) is 2. The second-order valence-corrected chi connectivity index (χ2v) is 5.74. The highest BCUT2D eigenvalue weighted by molar-refractivity contribution is 5.89. The van der Waals surface area contributed by atoms with Crippen LogP contribution in [-0.4, -0.2) is 72.6 Å². The van der Waals surface area contributed by atoms with Crippen molar-refractivity contribution in [3.05, 3.63) is 36.0 Å². The fourth-order valence-electron chi connectivity index (χ4n) is 2.55. The third-order valence-electron chi connectivity index (χ3n) is 3.96. The summed E-state index contributed by atoms with van der Waals surface area (Å²) in [7, 11) is 1.35. The summed E-state index contributed by atoms with van der Waals surface area (Å²) in [5.41, 5.74) is 1.24. The molecule has 3 rings (SSSR count). The van der Waals surface area contributed by atoms with Crippen molar-refractivity contribution in [1.29, 1.82) is 0 Å². The zero-order chi connectivity index (χ0) is 18.2. The molecule has 1 aromatic heterocycles. The molecule has 0 bridgehead atoms. The average molecular weight is 358 g/mol. The largest absolute Gasteiger partial charge is 0.465 e. The molecule has 0 aliphatic carbocycles. The van der Waals surface area contributed by atoms with Crippen LogP contribution in [0.5, 0.6) is 0 Å².